The van der Waals surface area contributed by atoms with Crippen LogP contribution in [0.15, 0.2) is 54.6 Å². The molecule has 130 valence electrons. The standard InChI is InChI=1S/C22H17N5/c1-25-20-19(18(14-23)22(26-21(20)24)27-11-6-12-27)17-10-5-9-16(13-17)15-7-3-2-4-8-15/h2-5,7-10,13H,6,11-12H2,(H2,24,26). The molecule has 3 aromatic rings. The maximum atomic E-state index is 9.87. The van der Waals surface area contributed by atoms with E-state index >= 15 is 0 Å². The normalized spacial score (nSPS) is 12.7. The van der Waals surface area contributed by atoms with Gasteiger partial charge in [-0.2, -0.15) is 5.26 Å². The molecule has 1 saturated heterocycles. The molecule has 0 spiro atoms. The van der Waals surface area contributed by atoms with Crippen LogP contribution in [0.25, 0.3) is 27.1 Å². The highest BCUT2D eigenvalue weighted by Crippen LogP contribution is 2.42. The summed E-state index contributed by atoms with van der Waals surface area (Å²) in [6.07, 6.45) is 1.07. The molecule has 0 atom stereocenters. The van der Waals surface area contributed by atoms with Crippen molar-refractivity contribution in [1.82, 2.24) is 4.98 Å². The minimum Gasteiger partial charge on any atom is -0.392 e. The Bertz CT molecular complexity index is 1090. The number of aromatic nitrogens is 1. The number of benzene rings is 2. The van der Waals surface area contributed by atoms with Gasteiger partial charge in [-0.1, -0.05) is 48.5 Å². The SMILES string of the molecule is [C-]#[N+]c1c(N)nc(N2CCC2)c(C#N)c1-c1cccc(-c2ccccc2)c1. The minimum atomic E-state index is 0.172. The van der Waals surface area contributed by atoms with Gasteiger partial charge < -0.3 is 10.6 Å². The van der Waals surface area contributed by atoms with Gasteiger partial charge in [0.2, 0.25) is 5.69 Å². The van der Waals surface area contributed by atoms with E-state index in [-0.39, 0.29) is 11.5 Å². The monoisotopic (exact) mass is 351 g/mol. The fourth-order valence-corrected chi connectivity index (χ4v) is 3.32. The Labute approximate surface area is 158 Å². The highest BCUT2D eigenvalue weighted by molar-refractivity contribution is 5.93. The number of rotatable bonds is 3. The Morgan fingerprint density at radius 1 is 1.04 bits per heavy atom. The number of hydrogen-bond acceptors (Lipinski definition) is 4. The Balaban J connectivity index is 1.95. The van der Waals surface area contributed by atoms with Gasteiger partial charge in [0.05, 0.1) is 12.1 Å². The Kier molecular flexibility index (Phi) is 4.20. The van der Waals surface area contributed by atoms with Gasteiger partial charge in [0.25, 0.3) is 0 Å². The fraction of sp³-hybridized carbons (Fsp3) is 0.136. The molecule has 1 fully saturated rings. The maximum absolute atomic E-state index is 9.87. The van der Waals surface area contributed by atoms with Crippen molar-refractivity contribution in [3.05, 3.63) is 71.6 Å². The summed E-state index contributed by atoms with van der Waals surface area (Å²) in [4.78, 5) is 10.0. The molecule has 5 heteroatoms. The van der Waals surface area contributed by atoms with Crippen LogP contribution in [0.2, 0.25) is 0 Å². The molecule has 1 aliphatic heterocycles. The molecule has 1 aromatic heterocycles. The van der Waals surface area contributed by atoms with E-state index in [9.17, 15) is 5.26 Å². The lowest BCUT2D eigenvalue weighted by atomic mass is 9.95. The summed E-state index contributed by atoms with van der Waals surface area (Å²) in [6.45, 7) is 9.28. The van der Waals surface area contributed by atoms with Crippen LogP contribution in [0.4, 0.5) is 17.3 Å². The first-order valence-electron chi connectivity index (χ1n) is 8.74. The average molecular weight is 351 g/mol. The number of nitrogens with two attached hydrogens (primary N) is 1. The molecule has 2 N–H and O–H groups in total. The van der Waals surface area contributed by atoms with Crippen molar-refractivity contribution in [3.8, 4) is 28.3 Å². The largest absolute Gasteiger partial charge is 0.392 e. The Morgan fingerprint density at radius 3 is 2.37 bits per heavy atom. The number of pyridine rings is 1. The number of nitrogens with zero attached hydrogens (tertiary/aromatic N) is 4. The van der Waals surface area contributed by atoms with E-state index in [0.717, 1.165) is 36.2 Å². The lowest BCUT2D eigenvalue weighted by Gasteiger charge is -2.33. The summed E-state index contributed by atoms with van der Waals surface area (Å²) >= 11 is 0. The van der Waals surface area contributed by atoms with Gasteiger partial charge in [-0.3, -0.25) is 0 Å². The van der Waals surface area contributed by atoms with E-state index in [4.69, 9.17) is 12.3 Å². The van der Waals surface area contributed by atoms with E-state index in [0.29, 0.717) is 16.9 Å². The van der Waals surface area contributed by atoms with Crippen molar-refractivity contribution >= 4 is 17.3 Å². The highest BCUT2D eigenvalue weighted by atomic mass is 15.2. The molecule has 2 heterocycles. The average Bonchev–Trinajstić information content (AvgIpc) is 2.67. The third kappa shape index (κ3) is 2.86. The molecule has 27 heavy (non-hydrogen) atoms. The molecule has 0 saturated carbocycles. The van der Waals surface area contributed by atoms with E-state index in [2.05, 4.69) is 15.9 Å². The van der Waals surface area contributed by atoms with Crippen LogP contribution in [0.5, 0.6) is 0 Å². The molecular formula is C22H17N5. The summed E-state index contributed by atoms with van der Waals surface area (Å²) < 4.78 is 0. The van der Waals surface area contributed by atoms with Crippen LogP contribution >= 0.6 is 0 Å². The minimum absolute atomic E-state index is 0.172. The van der Waals surface area contributed by atoms with Crippen molar-refractivity contribution < 1.29 is 0 Å². The Morgan fingerprint density at radius 2 is 1.74 bits per heavy atom. The van der Waals surface area contributed by atoms with Gasteiger partial charge in [0.1, 0.15) is 17.7 Å². The van der Waals surface area contributed by atoms with Gasteiger partial charge in [-0.15, -0.1) is 0 Å². The summed E-state index contributed by atoms with van der Waals surface area (Å²) in [5.41, 5.74) is 10.2. The molecule has 0 amide bonds. The van der Waals surface area contributed by atoms with E-state index in [1.54, 1.807) is 0 Å². The fourth-order valence-electron chi connectivity index (χ4n) is 3.32. The third-order valence-electron chi connectivity index (χ3n) is 4.82. The molecule has 1 aliphatic rings. The van der Waals surface area contributed by atoms with Gasteiger partial charge in [0.15, 0.2) is 0 Å². The maximum Gasteiger partial charge on any atom is 0.237 e. The Hall–Kier alpha value is -3.83. The van der Waals surface area contributed by atoms with Crippen molar-refractivity contribution in [1.29, 1.82) is 5.26 Å². The van der Waals surface area contributed by atoms with Crippen molar-refractivity contribution in [3.63, 3.8) is 0 Å². The first kappa shape index (κ1) is 16.6. The highest BCUT2D eigenvalue weighted by Gasteiger charge is 2.26. The summed E-state index contributed by atoms with van der Waals surface area (Å²) in [5.74, 6) is 0.750. The molecule has 5 nitrogen and oxygen atoms in total. The molecule has 2 aromatic carbocycles. The summed E-state index contributed by atoms with van der Waals surface area (Å²) in [7, 11) is 0. The first-order chi connectivity index (χ1) is 13.2. The van der Waals surface area contributed by atoms with Gasteiger partial charge in [-0.05, 0) is 29.2 Å². The van der Waals surface area contributed by atoms with Gasteiger partial charge in [-0.25, -0.2) is 9.83 Å². The second-order valence-electron chi connectivity index (χ2n) is 6.43. The second-order valence-corrected chi connectivity index (χ2v) is 6.43. The molecule has 0 radical (unpaired) electrons. The van der Waals surface area contributed by atoms with E-state index < -0.39 is 0 Å². The summed E-state index contributed by atoms with van der Waals surface area (Å²) in [5, 5.41) is 9.87. The van der Waals surface area contributed by atoms with E-state index in [1.807, 2.05) is 59.5 Å². The lowest BCUT2D eigenvalue weighted by Crippen LogP contribution is -2.38. The summed E-state index contributed by atoms with van der Waals surface area (Å²) in [6, 6.07) is 20.2. The van der Waals surface area contributed by atoms with Crippen LogP contribution in [-0.4, -0.2) is 18.1 Å². The third-order valence-corrected chi connectivity index (χ3v) is 4.82. The van der Waals surface area contributed by atoms with Crippen LogP contribution < -0.4 is 10.6 Å². The number of anilines is 2. The van der Waals surface area contributed by atoms with Gasteiger partial charge in [0, 0.05) is 18.7 Å². The number of hydrogen-bond donors (Lipinski definition) is 1. The molecule has 0 unspecified atom stereocenters. The number of nitrogen functional groups attached to an aromatic ring is 1. The van der Waals surface area contributed by atoms with Gasteiger partial charge >= 0.3 is 0 Å². The van der Waals surface area contributed by atoms with Crippen LogP contribution in [0.3, 0.4) is 0 Å². The predicted octanol–water partition coefficient (Wildman–Crippen LogP) is 4.63. The van der Waals surface area contributed by atoms with Crippen molar-refractivity contribution in [2.45, 2.75) is 6.42 Å². The van der Waals surface area contributed by atoms with Crippen molar-refractivity contribution in [2.24, 2.45) is 0 Å². The lowest BCUT2D eigenvalue weighted by molar-refractivity contribution is 0.609. The predicted molar refractivity (Wildman–Crippen MR) is 107 cm³/mol. The quantitative estimate of drug-likeness (QED) is 0.698. The van der Waals surface area contributed by atoms with Crippen LogP contribution in [0.1, 0.15) is 12.0 Å². The molecular weight excluding hydrogens is 334 g/mol. The molecule has 4 rings (SSSR count). The molecule has 0 aliphatic carbocycles. The zero-order chi connectivity index (χ0) is 18.8. The van der Waals surface area contributed by atoms with Crippen LogP contribution in [-0.2, 0) is 0 Å². The first-order valence-corrected chi connectivity index (χ1v) is 8.74. The zero-order valence-corrected chi connectivity index (χ0v) is 14.7. The molecule has 0 bridgehead atoms. The second kappa shape index (κ2) is 6.82. The zero-order valence-electron chi connectivity index (χ0n) is 14.7. The van der Waals surface area contributed by atoms with E-state index in [1.165, 1.54) is 0 Å². The van der Waals surface area contributed by atoms with Crippen LogP contribution in [0, 0.1) is 17.9 Å². The van der Waals surface area contributed by atoms with Crippen molar-refractivity contribution in [2.75, 3.05) is 23.7 Å². The topological polar surface area (TPSA) is 70.3 Å². The smallest absolute Gasteiger partial charge is 0.237 e. The number of nitriles is 1.